The molecule has 4 fully saturated rings. The lowest BCUT2D eigenvalue weighted by molar-refractivity contribution is -0.181. The van der Waals surface area contributed by atoms with Crippen LogP contribution in [0.1, 0.15) is 80.1 Å². The number of rotatable bonds is 12. The maximum atomic E-state index is 14.1. The lowest BCUT2D eigenvalue weighted by Gasteiger charge is -2.32. The summed E-state index contributed by atoms with van der Waals surface area (Å²) in [6.07, 6.45) is 0.356. The molecule has 4 saturated heterocycles. The summed E-state index contributed by atoms with van der Waals surface area (Å²) in [5.41, 5.74) is -1.85. The lowest BCUT2D eigenvalue weighted by Crippen LogP contribution is -2.56. The third kappa shape index (κ3) is 7.94. The van der Waals surface area contributed by atoms with Crippen LogP contribution in [0, 0.1) is 23.7 Å². The van der Waals surface area contributed by atoms with E-state index in [1.165, 1.54) is 0 Å². The van der Waals surface area contributed by atoms with Crippen LogP contribution in [-0.4, -0.2) is 128 Å². The molecule has 6 aliphatic rings. The van der Waals surface area contributed by atoms with Gasteiger partial charge in [0.1, 0.15) is 11.2 Å². The maximum Gasteiger partial charge on any atom is 0.306 e. The fourth-order valence-electron chi connectivity index (χ4n) is 7.94. The second-order valence-electron chi connectivity index (χ2n) is 16.5. The van der Waals surface area contributed by atoms with Crippen molar-refractivity contribution in [1.29, 1.82) is 0 Å². The molecule has 8 amide bonds. The Kier molecular flexibility index (Phi) is 10.9. The normalized spacial score (nSPS) is 28.2. The zero-order valence-electron chi connectivity index (χ0n) is 32.1. The molecule has 0 spiro atoms. The molecule has 18 heteroatoms. The molecule has 4 bridgehead atoms. The molecule has 8 atom stereocenters. The number of amides is 8. The molecule has 0 N–H and O–H groups in total. The molecule has 302 valence electrons. The van der Waals surface area contributed by atoms with E-state index in [1.54, 1.807) is 65.8 Å². The van der Waals surface area contributed by atoms with Crippen molar-refractivity contribution < 1.29 is 66.9 Å². The van der Waals surface area contributed by atoms with Crippen LogP contribution in [0.15, 0.2) is 24.3 Å². The van der Waals surface area contributed by atoms with Crippen molar-refractivity contribution >= 4 is 59.2 Å². The molecule has 7 unspecified atom stereocenters. The highest BCUT2D eigenvalue weighted by Crippen LogP contribution is 2.46. The van der Waals surface area contributed by atoms with Crippen molar-refractivity contribution in [2.24, 2.45) is 23.7 Å². The van der Waals surface area contributed by atoms with Crippen molar-refractivity contribution in [1.82, 2.24) is 19.8 Å². The van der Waals surface area contributed by atoms with E-state index < -0.39 is 170 Å². The summed E-state index contributed by atoms with van der Waals surface area (Å²) >= 11 is 0. The molecular weight excluding hydrogens is 736 g/mol. The number of fused-ring (bicyclic) bond motifs is 10. The third-order valence-corrected chi connectivity index (χ3v) is 10.2. The number of carbonyl (C=O) groups is 10. The quantitative estimate of drug-likeness (QED) is 0.114. The first-order chi connectivity index (χ1) is 26.2. The summed E-state index contributed by atoms with van der Waals surface area (Å²) in [5.74, 6) is -11.8. The minimum Gasteiger partial charge on any atom is -0.460 e. The molecule has 6 heterocycles. The van der Waals surface area contributed by atoms with Gasteiger partial charge in [-0.05, 0) is 41.5 Å². The zero-order valence-corrected chi connectivity index (χ0v) is 32.1. The number of hydrazine groups is 1. The van der Waals surface area contributed by atoms with Gasteiger partial charge in [-0.1, -0.05) is 24.3 Å². The van der Waals surface area contributed by atoms with Gasteiger partial charge in [0.15, 0.2) is 0 Å². The number of ether oxygens (including phenoxy) is 4. The minimum atomic E-state index is -1.19. The van der Waals surface area contributed by atoms with Crippen molar-refractivity contribution in [3.8, 4) is 0 Å². The second-order valence-corrected chi connectivity index (χ2v) is 16.5. The highest BCUT2D eigenvalue weighted by atomic mass is 16.6. The topological polar surface area (TPSA) is 221 Å². The summed E-state index contributed by atoms with van der Waals surface area (Å²) in [6, 6.07) is 0. The van der Waals surface area contributed by atoms with Gasteiger partial charge in [0.25, 0.3) is 11.8 Å². The van der Waals surface area contributed by atoms with Gasteiger partial charge in [-0.25, -0.2) is 0 Å². The average molecular weight is 783 g/mol. The monoisotopic (exact) mass is 782 g/mol. The van der Waals surface area contributed by atoms with Crippen LogP contribution in [-0.2, 0) is 66.9 Å². The summed E-state index contributed by atoms with van der Waals surface area (Å²) in [4.78, 5) is 136. The standard InChI is InChI=1S/C38H46N4O14/c1-37(2,3)55-27(47)13-11-23(43)41(25(45)15-17-39-33(49)29-19-7-8-20(53-19)30(29)34(39)50)42(24(44)12-14-28(48)56-38(4,5)6)26(46)16-18-40-35(51)31-21-9-10-22(54-21)32(31)36(40)52/h7-10,19-22,29-32H,11-18H2,1-6H3/t19?,20?,21?,22?,29-,30?,31?,32?/m0/s1. The maximum absolute atomic E-state index is 14.1. The fourth-order valence-corrected chi connectivity index (χ4v) is 7.94. The fraction of sp³-hybridized carbons (Fsp3) is 0.632. The van der Waals surface area contributed by atoms with Gasteiger partial charge >= 0.3 is 11.9 Å². The van der Waals surface area contributed by atoms with Gasteiger partial charge in [0.05, 0.1) is 60.9 Å². The molecule has 0 radical (unpaired) electrons. The number of nitrogens with zero attached hydrogens (tertiary/aromatic N) is 4. The van der Waals surface area contributed by atoms with Crippen LogP contribution in [0.25, 0.3) is 0 Å². The van der Waals surface area contributed by atoms with Crippen molar-refractivity contribution in [3.63, 3.8) is 0 Å². The van der Waals surface area contributed by atoms with Crippen molar-refractivity contribution in [2.45, 2.75) is 116 Å². The van der Waals surface area contributed by atoms with Gasteiger partial charge < -0.3 is 18.9 Å². The molecule has 0 aromatic heterocycles. The Hall–Kier alpha value is -5.10. The van der Waals surface area contributed by atoms with Crippen LogP contribution >= 0.6 is 0 Å². The highest BCUT2D eigenvalue weighted by Gasteiger charge is 2.62. The number of hydrogen-bond donors (Lipinski definition) is 0. The molecule has 6 aliphatic heterocycles. The molecular formula is C38H46N4O14. The first kappa shape index (κ1) is 40.6. The van der Waals surface area contributed by atoms with Crippen LogP contribution in [0.2, 0.25) is 0 Å². The number of hydrogen-bond acceptors (Lipinski definition) is 14. The first-order valence-electron chi connectivity index (χ1n) is 18.7. The summed E-state index contributed by atoms with van der Waals surface area (Å²) in [5, 5.41) is 0.482. The average Bonchev–Trinajstić information content (AvgIpc) is 3.95. The number of likely N-dealkylation sites (tertiary alicyclic amines) is 2. The summed E-state index contributed by atoms with van der Waals surface area (Å²) in [6.45, 7) is 8.60. The molecule has 6 rings (SSSR count). The van der Waals surface area contributed by atoms with E-state index in [4.69, 9.17) is 18.9 Å². The minimum absolute atomic E-state index is 0.241. The summed E-state index contributed by atoms with van der Waals surface area (Å²) in [7, 11) is 0. The second kappa shape index (κ2) is 15.1. The molecule has 0 saturated carbocycles. The van der Waals surface area contributed by atoms with Gasteiger partial charge in [-0.2, -0.15) is 10.0 Å². The SMILES string of the molecule is CC(C)(C)OC(=O)CCC(=O)N(C(=O)CCN1C(=O)C2C3C=CC(O3)C2C1=O)N(C(=O)CCC(=O)OC(C)(C)C)C(=O)CCN1C(=O)C2C3C=CC(O3)[C@@H]2C1=O. The molecule has 18 nitrogen and oxygen atoms in total. The first-order valence-corrected chi connectivity index (χ1v) is 18.7. The summed E-state index contributed by atoms with van der Waals surface area (Å²) < 4.78 is 21.9. The van der Waals surface area contributed by atoms with Gasteiger partial charge in [0.2, 0.25) is 35.4 Å². The Morgan fingerprint density at radius 3 is 1.04 bits per heavy atom. The van der Waals surface area contributed by atoms with E-state index in [2.05, 4.69) is 0 Å². The van der Waals surface area contributed by atoms with Crippen molar-refractivity contribution in [2.75, 3.05) is 13.1 Å². The van der Waals surface area contributed by atoms with E-state index >= 15 is 0 Å². The Balaban J connectivity index is 1.23. The Labute approximate surface area is 322 Å². The molecule has 0 aromatic rings. The molecule has 0 aromatic carbocycles. The van der Waals surface area contributed by atoms with Crippen LogP contribution in [0.5, 0.6) is 0 Å². The Bertz CT molecular complexity index is 1630. The van der Waals surface area contributed by atoms with Crippen molar-refractivity contribution in [3.05, 3.63) is 24.3 Å². The number of esters is 2. The van der Waals surface area contributed by atoms with Gasteiger partial charge in [-0.3, -0.25) is 57.7 Å². The lowest BCUT2D eigenvalue weighted by atomic mass is 9.85. The Morgan fingerprint density at radius 2 is 0.768 bits per heavy atom. The van der Waals surface area contributed by atoms with Crippen LogP contribution < -0.4 is 0 Å². The van der Waals surface area contributed by atoms with E-state index in [0.29, 0.717) is 0 Å². The molecule has 56 heavy (non-hydrogen) atoms. The highest BCUT2D eigenvalue weighted by molar-refractivity contribution is 6.09. The van der Waals surface area contributed by atoms with E-state index in [0.717, 1.165) is 9.80 Å². The zero-order chi connectivity index (χ0) is 41.0. The van der Waals surface area contributed by atoms with Gasteiger partial charge in [-0.15, -0.1) is 0 Å². The van der Waals surface area contributed by atoms with E-state index in [-0.39, 0.29) is 10.0 Å². The van der Waals surface area contributed by atoms with E-state index in [9.17, 15) is 47.9 Å². The molecule has 0 aliphatic carbocycles. The van der Waals surface area contributed by atoms with Crippen LogP contribution in [0.4, 0.5) is 0 Å². The largest absolute Gasteiger partial charge is 0.460 e. The third-order valence-electron chi connectivity index (χ3n) is 10.2. The number of carbonyl (C=O) groups excluding carboxylic acids is 10. The number of imide groups is 4. The predicted molar refractivity (Wildman–Crippen MR) is 186 cm³/mol. The smallest absolute Gasteiger partial charge is 0.306 e. The van der Waals surface area contributed by atoms with Gasteiger partial charge in [0, 0.05) is 38.8 Å². The Morgan fingerprint density at radius 1 is 0.500 bits per heavy atom. The van der Waals surface area contributed by atoms with Crippen LogP contribution in [0.3, 0.4) is 0 Å². The predicted octanol–water partition coefficient (Wildman–Crippen LogP) is 0.513. The van der Waals surface area contributed by atoms with E-state index in [1.807, 2.05) is 0 Å².